The third kappa shape index (κ3) is 5.29. The van der Waals surface area contributed by atoms with Gasteiger partial charge in [0.1, 0.15) is 11.6 Å². The summed E-state index contributed by atoms with van der Waals surface area (Å²) in [5.41, 5.74) is 3.07. The molecular formula is C26H26ClN3O2. The van der Waals surface area contributed by atoms with Crippen LogP contribution in [0.5, 0.6) is 5.75 Å². The Morgan fingerprint density at radius 1 is 1.03 bits per heavy atom. The lowest BCUT2D eigenvalue weighted by molar-refractivity contribution is -0.122. The smallest absolute Gasteiger partial charge is 0.224 e. The van der Waals surface area contributed by atoms with Crippen LogP contribution in [0, 0.1) is 0 Å². The van der Waals surface area contributed by atoms with Crippen LogP contribution in [0.3, 0.4) is 0 Å². The van der Waals surface area contributed by atoms with Crippen molar-refractivity contribution >= 4 is 28.5 Å². The summed E-state index contributed by atoms with van der Waals surface area (Å²) in [6, 6.07) is 25.2. The quantitative estimate of drug-likeness (QED) is 0.354. The lowest BCUT2D eigenvalue weighted by atomic mass is 10.1. The number of para-hydroxylation sites is 3. The third-order valence-electron chi connectivity index (χ3n) is 5.33. The highest BCUT2D eigenvalue weighted by atomic mass is 35.5. The molecule has 5 nitrogen and oxygen atoms in total. The van der Waals surface area contributed by atoms with Crippen LogP contribution in [0.15, 0.2) is 78.9 Å². The van der Waals surface area contributed by atoms with E-state index in [9.17, 15) is 4.79 Å². The fourth-order valence-electron chi connectivity index (χ4n) is 3.69. The van der Waals surface area contributed by atoms with Crippen LogP contribution in [-0.4, -0.2) is 22.1 Å². The number of hydrogen-bond acceptors (Lipinski definition) is 3. The lowest BCUT2D eigenvalue weighted by Crippen LogP contribution is -2.31. The van der Waals surface area contributed by atoms with E-state index in [4.69, 9.17) is 21.3 Å². The molecule has 0 aliphatic carbocycles. The number of benzene rings is 3. The first kappa shape index (κ1) is 21.9. The molecule has 1 unspecified atom stereocenters. The first-order chi connectivity index (χ1) is 15.6. The number of imidazole rings is 1. The monoisotopic (exact) mass is 447 g/mol. The molecule has 4 rings (SSSR count). The number of carbonyl (C=O) groups is 1. The molecule has 0 aliphatic heterocycles. The van der Waals surface area contributed by atoms with Crippen molar-refractivity contribution in [2.45, 2.75) is 32.4 Å². The largest absolute Gasteiger partial charge is 0.493 e. The summed E-state index contributed by atoms with van der Waals surface area (Å²) in [5, 5.41) is 3.85. The third-order valence-corrected chi connectivity index (χ3v) is 5.59. The predicted molar refractivity (Wildman–Crippen MR) is 128 cm³/mol. The fourth-order valence-corrected chi connectivity index (χ4v) is 3.82. The molecule has 1 atom stereocenters. The van der Waals surface area contributed by atoms with E-state index in [0.29, 0.717) is 18.2 Å². The van der Waals surface area contributed by atoms with Gasteiger partial charge in [0.05, 0.1) is 30.1 Å². The zero-order valence-electron chi connectivity index (χ0n) is 18.0. The normalized spacial score (nSPS) is 11.9. The molecule has 0 radical (unpaired) electrons. The number of nitrogens with one attached hydrogen (secondary N) is 1. The van der Waals surface area contributed by atoms with Gasteiger partial charge in [0.15, 0.2) is 0 Å². The minimum Gasteiger partial charge on any atom is -0.493 e. The maximum absolute atomic E-state index is 12.7. The number of fused-ring (bicyclic) bond motifs is 1. The van der Waals surface area contributed by atoms with E-state index in [2.05, 4.69) is 22.9 Å². The van der Waals surface area contributed by atoms with Gasteiger partial charge in [0.25, 0.3) is 0 Å². The number of amides is 1. The van der Waals surface area contributed by atoms with Crippen molar-refractivity contribution in [1.82, 2.24) is 14.9 Å². The summed E-state index contributed by atoms with van der Waals surface area (Å²) < 4.78 is 7.84. The second-order valence-corrected chi connectivity index (χ2v) is 8.05. The summed E-state index contributed by atoms with van der Waals surface area (Å²) in [6.07, 6.45) is 1.01. The molecule has 0 saturated heterocycles. The number of nitrogens with zero attached hydrogens (tertiary/aromatic N) is 2. The Balaban J connectivity index is 1.51. The van der Waals surface area contributed by atoms with E-state index in [1.54, 1.807) is 0 Å². The van der Waals surface area contributed by atoms with Gasteiger partial charge in [-0.15, -0.1) is 0 Å². The van der Waals surface area contributed by atoms with Crippen LogP contribution in [0.1, 0.15) is 37.2 Å². The minimum absolute atomic E-state index is 0.0575. The zero-order valence-corrected chi connectivity index (χ0v) is 18.8. The molecule has 1 amide bonds. The highest BCUT2D eigenvalue weighted by molar-refractivity contribution is 6.30. The van der Waals surface area contributed by atoms with E-state index in [-0.39, 0.29) is 18.4 Å². The minimum atomic E-state index is -0.195. The molecule has 3 aromatic carbocycles. The number of rotatable bonds is 9. The summed E-state index contributed by atoms with van der Waals surface area (Å²) in [5.74, 6) is 1.55. The molecule has 0 bridgehead atoms. The Bertz CT molecular complexity index is 1170. The summed E-state index contributed by atoms with van der Waals surface area (Å²) in [6.45, 7) is 3.03. The number of hydrogen-bond donors (Lipinski definition) is 1. The number of aromatic nitrogens is 2. The Morgan fingerprint density at radius 3 is 2.50 bits per heavy atom. The summed E-state index contributed by atoms with van der Waals surface area (Å²) >= 11 is 6.05. The number of halogens is 1. The van der Waals surface area contributed by atoms with E-state index in [1.165, 1.54) is 0 Å². The van der Waals surface area contributed by atoms with E-state index in [1.807, 2.05) is 72.8 Å². The van der Waals surface area contributed by atoms with Gasteiger partial charge >= 0.3 is 0 Å². The van der Waals surface area contributed by atoms with Crippen molar-refractivity contribution in [2.24, 2.45) is 0 Å². The van der Waals surface area contributed by atoms with Crippen LogP contribution < -0.4 is 10.1 Å². The van der Waals surface area contributed by atoms with Crippen LogP contribution in [0.2, 0.25) is 5.02 Å². The standard InChI is InChI=1S/C26H26ClN3O2/c1-2-22(28-25(31)16-17-32-21-8-4-3-5-9-21)26-29-23-10-6-7-11-24(23)30(26)18-19-12-14-20(27)15-13-19/h3-15,22H,2,16-18H2,1H3,(H,28,31). The Kier molecular flexibility index (Phi) is 7.07. The van der Waals surface area contributed by atoms with Crippen LogP contribution in [0.25, 0.3) is 11.0 Å². The number of ether oxygens (including phenoxy) is 1. The summed E-state index contributed by atoms with van der Waals surface area (Å²) in [7, 11) is 0. The van der Waals surface area contributed by atoms with Gasteiger partial charge < -0.3 is 14.6 Å². The van der Waals surface area contributed by atoms with Crippen LogP contribution in [-0.2, 0) is 11.3 Å². The SMILES string of the molecule is CCC(NC(=O)CCOc1ccccc1)c1nc2ccccc2n1Cc1ccc(Cl)cc1. The zero-order chi connectivity index (χ0) is 22.3. The van der Waals surface area contributed by atoms with Gasteiger partial charge in [-0.05, 0) is 48.4 Å². The molecule has 0 saturated carbocycles. The highest BCUT2D eigenvalue weighted by Gasteiger charge is 2.21. The molecule has 1 heterocycles. The average Bonchev–Trinajstić information content (AvgIpc) is 3.18. The predicted octanol–water partition coefficient (Wildman–Crippen LogP) is 5.77. The fraction of sp³-hybridized carbons (Fsp3) is 0.231. The van der Waals surface area contributed by atoms with Gasteiger partial charge in [-0.3, -0.25) is 4.79 Å². The van der Waals surface area contributed by atoms with Crippen LogP contribution >= 0.6 is 11.6 Å². The molecule has 0 spiro atoms. The first-order valence-electron chi connectivity index (χ1n) is 10.8. The van der Waals surface area contributed by atoms with Crippen molar-refractivity contribution in [2.75, 3.05) is 6.61 Å². The Labute approximate surface area is 193 Å². The van der Waals surface area contributed by atoms with Gasteiger partial charge in [0.2, 0.25) is 5.91 Å². The van der Waals surface area contributed by atoms with Gasteiger partial charge in [-0.2, -0.15) is 0 Å². The molecular weight excluding hydrogens is 422 g/mol. The Morgan fingerprint density at radius 2 is 1.75 bits per heavy atom. The summed E-state index contributed by atoms with van der Waals surface area (Å²) in [4.78, 5) is 17.5. The van der Waals surface area contributed by atoms with Crippen molar-refractivity contribution in [1.29, 1.82) is 0 Å². The van der Waals surface area contributed by atoms with Crippen LogP contribution in [0.4, 0.5) is 0 Å². The molecule has 0 aliphatic rings. The molecule has 6 heteroatoms. The topological polar surface area (TPSA) is 56.1 Å². The highest BCUT2D eigenvalue weighted by Crippen LogP contribution is 2.25. The Hall–Kier alpha value is -3.31. The van der Waals surface area contributed by atoms with E-state index < -0.39 is 0 Å². The van der Waals surface area contributed by atoms with Gasteiger partial charge in [0, 0.05) is 11.6 Å². The van der Waals surface area contributed by atoms with Crippen molar-refractivity contribution in [3.63, 3.8) is 0 Å². The van der Waals surface area contributed by atoms with E-state index >= 15 is 0 Å². The van der Waals surface area contributed by atoms with Crippen molar-refractivity contribution in [3.8, 4) is 5.75 Å². The van der Waals surface area contributed by atoms with Gasteiger partial charge in [-0.25, -0.2) is 4.98 Å². The first-order valence-corrected chi connectivity index (χ1v) is 11.2. The van der Waals surface area contributed by atoms with Crippen molar-refractivity contribution < 1.29 is 9.53 Å². The number of carbonyl (C=O) groups excluding carboxylic acids is 1. The molecule has 164 valence electrons. The lowest BCUT2D eigenvalue weighted by Gasteiger charge is -2.19. The second-order valence-electron chi connectivity index (χ2n) is 7.61. The molecule has 0 fully saturated rings. The second kappa shape index (κ2) is 10.3. The molecule has 1 N–H and O–H groups in total. The maximum atomic E-state index is 12.7. The van der Waals surface area contributed by atoms with Crippen molar-refractivity contribution in [3.05, 3.63) is 95.3 Å². The molecule has 4 aromatic rings. The van der Waals surface area contributed by atoms with Gasteiger partial charge in [-0.1, -0.05) is 61.0 Å². The molecule has 32 heavy (non-hydrogen) atoms. The molecule has 1 aromatic heterocycles. The van der Waals surface area contributed by atoms with E-state index in [0.717, 1.165) is 34.6 Å². The maximum Gasteiger partial charge on any atom is 0.224 e. The average molecular weight is 448 g/mol.